The molecule has 1 aromatic rings. The molecule has 0 fully saturated rings. The van der Waals surface area contributed by atoms with Crippen LogP contribution in [0.4, 0.5) is 0 Å². The van der Waals surface area contributed by atoms with E-state index in [2.05, 4.69) is 0 Å². The molecule has 4 N–H and O–H groups in total. The Balaban J connectivity index is 2.32. The van der Waals surface area contributed by atoms with Crippen LogP contribution in [0, 0.1) is 0 Å². The third-order valence-corrected chi connectivity index (χ3v) is 2.41. The molecule has 0 aliphatic carbocycles. The topological polar surface area (TPSA) is 84.9 Å². The standard InChI is InChI=1S/C9H12BNO4/c11-4-9-7-2-1-6(14-5-12)3-8(7)10(13)15-9/h1-3,9,12-13H,4-5,11H2. The van der Waals surface area contributed by atoms with Gasteiger partial charge >= 0.3 is 7.12 Å². The molecule has 0 bridgehead atoms. The molecule has 1 unspecified atom stereocenters. The molecule has 5 nitrogen and oxygen atoms in total. The van der Waals surface area contributed by atoms with E-state index in [4.69, 9.17) is 20.2 Å². The SMILES string of the molecule is NCC1OB(O)c2cc(OCO)ccc21. The second-order valence-electron chi connectivity index (χ2n) is 3.28. The van der Waals surface area contributed by atoms with Crippen molar-refractivity contribution in [2.75, 3.05) is 13.3 Å². The third kappa shape index (κ3) is 1.84. The first-order valence-corrected chi connectivity index (χ1v) is 4.67. The van der Waals surface area contributed by atoms with Crippen LogP contribution in [-0.4, -0.2) is 30.6 Å². The van der Waals surface area contributed by atoms with E-state index in [0.29, 0.717) is 17.8 Å². The number of nitrogens with two attached hydrogens (primary N) is 1. The first-order chi connectivity index (χ1) is 7.26. The van der Waals surface area contributed by atoms with E-state index in [1.54, 1.807) is 18.2 Å². The molecule has 1 aliphatic rings. The van der Waals surface area contributed by atoms with E-state index in [9.17, 15) is 5.02 Å². The quantitative estimate of drug-likeness (QED) is 0.427. The molecule has 6 heteroatoms. The fraction of sp³-hybridized carbons (Fsp3) is 0.333. The first kappa shape index (κ1) is 10.4. The largest absolute Gasteiger partial charge is 0.492 e. The van der Waals surface area contributed by atoms with Gasteiger partial charge in [-0.2, -0.15) is 0 Å². The van der Waals surface area contributed by atoms with Crippen molar-refractivity contribution < 1.29 is 19.5 Å². The molecule has 1 heterocycles. The minimum Gasteiger partial charge on any atom is -0.468 e. The van der Waals surface area contributed by atoms with E-state index < -0.39 is 13.9 Å². The number of aliphatic hydroxyl groups excluding tert-OH is 1. The molecule has 0 saturated heterocycles. The van der Waals surface area contributed by atoms with E-state index in [-0.39, 0.29) is 6.10 Å². The molecule has 2 rings (SSSR count). The number of aliphatic hydroxyl groups is 1. The summed E-state index contributed by atoms with van der Waals surface area (Å²) < 4.78 is 10.1. The van der Waals surface area contributed by atoms with Crippen molar-refractivity contribution in [1.29, 1.82) is 0 Å². The predicted octanol–water partition coefficient (Wildman–Crippen LogP) is -1.27. The van der Waals surface area contributed by atoms with Crippen LogP contribution in [0.1, 0.15) is 11.7 Å². The Hall–Kier alpha value is -1.08. The highest BCUT2D eigenvalue weighted by Gasteiger charge is 2.34. The highest BCUT2D eigenvalue weighted by Crippen LogP contribution is 2.24. The molecule has 0 amide bonds. The van der Waals surface area contributed by atoms with Gasteiger partial charge in [0.1, 0.15) is 5.75 Å². The lowest BCUT2D eigenvalue weighted by molar-refractivity contribution is 0.0986. The van der Waals surface area contributed by atoms with Gasteiger partial charge in [-0.15, -0.1) is 0 Å². The van der Waals surface area contributed by atoms with Gasteiger partial charge in [-0.05, 0) is 23.2 Å². The number of hydrogen-bond donors (Lipinski definition) is 3. The van der Waals surface area contributed by atoms with E-state index in [0.717, 1.165) is 5.56 Å². The maximum atomic E-state index is 9.58. The second-order valence-corrected chi connectivity index (χ2v) is 3.28. The molecule has 0 radical (unpaired) electrons. The Kier molecular flexibility index (Phi) is 2.92. The lowest BCUT2D eigenvalue weighted by Gasteiger charge is -2.08. The fourth-order valence-corrected chi connectivity index (χ4v) is 1.71. The number of fused-ring (bicyclic) bond motifs is 1. The van der Waals surface area contributed by atoms with Gasteiger partial charge < -0.3 is 25.3 Å². The van der Waals surface area contributed by atoms with Crippen molar-refractivity contribution >= 4 is 12.6 Å². The van der Waals surface area contributed by atoms with Crippen LogP contribution in [0.25, 0.3) is 0 Å². The molecule has 1 atom stereocenters. The summed E-state index contributed by atoms with van der Waals surface area (Å²) in [5.74, 6) is 0.497. The third-order valence-electron chi connectivity index (χ3n) is 2.41. The summed E-state index contributed by atoms with van der Waals surface area (Å²) in [5.41, 5.74) is 7.02. The van der Waals surface area contributed by atoms with Crippen LogP contribution >= 0.6 is 0 Å². The lowest BCUT2D eigenvalue weighted by Crippen LogP contribution is -2.28. The molecule has 1 aliphatic heterocycles. The van der Waals surface area contributed by atoms with Gasteiger partial charge in [0.15, 0.2) is 6.79 Å². The molecule has 80 valence electrons. The van der Waals surface area contributed by atoms with Crippen LogP contribution in [0.15, 0.2) is 18.2 Å². The van der Waals surface area contributed by atoms with Gasteiger partial charge in [0.05, 0.1) is 6.10 Å². The summed E-state index contributed by atoms with van der Waals surface area (Å²) in [7, 11) is -0.962. The minimum absolute atomic E-state index is 0.266. The zero-order valence-electron chi connectivity index (χ0n) is 8.09. The number of rotatable bonds is 3. The van der Waals surface area contributed by atoms with Gasteiger partial charge in [0, 0.05) is 6.54 Å². The van der Waals surface area contributed by atoms with E-state index >= 15 is 0 Å². The normalized spacial score (nSPS) is 19.1. The van der Waals surface area contributed by atoms with Gasteiger partial charge in [0.25, 0.3) is 0 Å². The molecule has 1 aromatic carbocycles. The van der Waals surface area contributed by atoms with Crippen LogP contribution in [0.2, 0.25) is 0 Å². The monoisotopic (exact) mass is 209 g/mol. The lowest BCUT2D eigenvalue weighted by atomic mass is 9.79. The van der Waals surface area contributed by atoms with Crippen LogP contribution in [0.3, 0.4) is 0 Å². The Labute approximate surface area is 87.6 Å². The van der Waals surface area contributed by atoms with Crippen molar-refractivity contribution in [2.24, 2.45) is 5.73 Å². The zero-order valence-corrected chi connectivity index (χ0v) is 8.09. The first-order valence-electron chi connectivity index (χ1n) is 4.67. The molecule has 0 spiro atoms. The average Bonchev–Trinajstić information content (AvgIpc) is 2.56. The maximum absolute atomic E-state index is 9.58. The van der Waals surface area contributed by atoms with E-state index in [1.165, 1.54) is 0 Å². The van der Waals surface area contributed by atoms with Gasteiger partial charge in [-0.3, -0.25) is 0 Å². The molecule has 0 aromatic heterocycles. The number of hydrogen-bond acceptors (Lipinski definition) is 5. The zero-order chi connectivity index (χ0) is 10.8. The predicted molar refractivity (Wildman–Crippen MR) is 54.6 cm³/mol. The Morgan fingerprint density at radius 1 is 1.53 bits per heavy atom. The van der Waals surface area contributed by atoms with Crippen molar-refractivity contribution in [3.8, 4) is 5.75 Å². The summed E-state index contributed by atoms with van der Waals surface area (Å²) in [6, 6.07) is 5.14. The Morgan fingerprint density at radius 3 is 3.00 bits per heavy atom. The van der Waals surface area contributed by atoms with Crippen molar-refractivity contribution in [2.45, 2.75) is 6.10 Å². The molecular weight excluding hydrogens is 197 g/mol. The average molecular weight is 209 g/mol. The van der Waals surface area contributed by atoms with Gasteiger partial charge in [-0.25, -0.2) is 0 Å². The van der Waals surface area contributed by atoms with Crippen LogP contribution in [0.5, 0.6) is 5.75 Å². The molecule has 0 saturated carbocycles. The van der Waals surface area contributed by atoms with Crippen molar-refractivity contribution in [1.82, 2.24) is 0 Å². The smallest absolute Gasteiger partial charge is 0.468 e. The summed E-state index contributed by atoms with van der Waals surface area (Å²) in [6.07, 6.45) is -0.266. The number of benzene rings is 1. The maximum Gasteiger partial charge on any atom is 0.492 e. The Bertz CT molecular complexity index is 360. The number of ether oxygens (including phenoxy) is 1. The van der Waals surface area contributed by atoms with Crippen molar-refractivity contribution in [3.63, 3.8) is 0 Å². The highest BCUT2D eigenvalue weighted by molar-refractivity contribution is 6.61. The van der Waals surface area contributed by atoms with Gasteiger partial charge in [0.2, 0.25) is 0 Å². The van der Waals surface area contributed by atoms with Gasteiger partial charge in [-0.1, -0.05) is 6.07 Å². The van der Waals surface area contributed by atoms with Crippen LogP contribution < -0.4 is 15.9 Å². The fourth-order valence-electron chi connectivity index (χ4n) is 1.71. The van der Waals surface area contributed by atoms with Crippen LogP contribution in [-0.2, 0) is 4.65 Å². The molecular formula is C9H12BNO4. The summed E-state index contributed by atoms with van der Waals surface area (Å²) in [6.45, 7) is -0.0691. The summed E-state index contributed by atoms with van der Waals surface area (Å²) in [5, 5.41) is 18.2. The Morgan fingerprint density at radius 2 is 2.33 bits per heavy atom. The highest BCUT2D eigenvalue weighted by atomic mass is 16.6. The molecule has 15 heavy (non-hydrogen) atoms. The van der Waals surface area contributed by atoms with Crippen molar-refractivity contribution in [3.05, 3.63) is 23.8 Å². The summed E-state index contributed by atoms with van der Waals surface area (Å²) in [4.78, 5) is 0. The van der Waals surface area contributed by atoms with E-state index in [1.807, 2.05) is 0 Å². The second kappa shape index (κ2) is 4.20. The summed E-state index contributed by atoms with van der Waals surface area (Å²) >= 11 is 0. The minimum atomic E-state index is -0.962.